The number of methoxy groups -OCH3 is 1. The number of benzene rings is 3. The Morgan fingerprint density at radius 1 is 0.884 bits per heavy atom. The summed E-state index contributed by atoms with van der Waals surface area (Å²) in [6, 6.07) is 14.1. The first-order valence-electron chi connectivity index (χ1n) is 12.9. The molecule has 0 aromatic heterocycles. The number of carbonyl (C=O) groups excluding carboxylic acids is 3. The van der Waals surface area contributed by atoms with E-state index in [1.165, 1.54) is 31.2 Å². The highest BCUT2D eigenvalue weighted by atomic mass is 35.5. The van der Waals surface area contributed by atoms with Crippen LogP contribution in [0.1, 0.15) is 42.6 Å². The second-order valence-corrected chi connectivity index (χ2v) is 13.6. The van der Waals surface area contributed by atoms with Crippen LogP contribution in [0.2, 0.25) is 15.1 Å². The molecule has 1 saturated carbocycles. The van der Waals surface area contributed by atoms with Gasteiger partial charge in [0.25, 0.3) is 5.91 Å². The van der Waals surface area contributed by atoms with Gasteiger partial charge in [0.05, 0.1) is 29.3 Å². The van der Waals surface area contributed by atoms with Gasteiger partial charge in [0, 0.05) is 34.4 Å². The fraction of sp³-hybridized carbons (Fsp3) is 0.300. The Bertz CT molecular complexity index is 1570. The fourth-order valence-electron chi connectivity index (χ4n) is 4.48. The summed E-state index contributed by atoms with van der Waals surface area (Å²) >= 11 is 31.5. The van der Waals surface area contributed by atoms with E-state index in [0.29, 0.717) is 38.4 Å². The molecule has 1 aliphatic carbocycles. The van der Waals surface area contributed by atoms with Crippen molar-refractivity contribution < 1.29 is 23.9 Å². The maximum atomic E-state index is 13.3. The second-order valence-electron chi connectivity index (χ2n) is 10.9. The number of carbonyl (C=O) groups is 3. The molecule has 0 radical (unpaired) electrons. The van der Waals surface area contributed by atoms with E-state index >= 15 is 0 Å². The Hall–Kier alpha value is -2.88. The monoisotopic (exact) mass is 685 g/mol. The smallest absolute Gasteiger partial charge is 0.414 e. The zero-order chi connectivity index (χ0) is 31.9. The Morgan fingerprint density at radius 2 is 1.49 bits per heavy atom. The zero-order valence-electron chi connectivity index (χ0n) is 23.7. The van der Waals surface area contributed by atoms with Crippen molar-refractivity contribution in [1.29, 1.82) is 0 Å². The number of nitrogens with zero attached hydrogens (tertiary/aromatic N) is 1. The van der Waals surface area contributed by atoms with Crippen LogP contribution in [0.25, 0.3) is 0 Å². The SMILES string of the molecule is COc1ccc(NC(=O)c2cc(NC(=O)[C@H]3[C@H](c4cc(Cl)cc(Cl)c4)C3(Cl)Cl)ccc2Cl)cc1N(C)C(=O)OC(C)(C)C. The van der Waals surface area contributed by atoms with Crippen LogP contribution in [-0.2, 0) is 9.53 Å². The van der Waals surface area contributed by atoms with Crippen molar-refractivity contribution in [2.75, 3.05) is 29.7 Å². The Kier molecular flexibility index (Phi) is 9.69. The number of nitrogens with one attached hydrogen (secondary N) is 2. The lowest BCUT2D eigenvalue weighted by Gasteiger charge is -2.26. The molecule has 1 fully saturated rings. The molecule has 3 amide bonds. The molecule has 13 heteroatoms. The van der Waals surface area contributed by atoms with E-state index in [1.807, 2.05) is 0 Å². The summed E-state index contributed by atoms with van der Waals surface area (Å²) in [5, 5.41) is 6.46. The van der Waals surface area contributed by atoms with Crippen LogP contribution >= 0.6 is 58.0 Å². The number of alkyl halides is 2. The molecule has 0 heterocycles. The van der Waals surface area contributed by atoms with Crippen LogP contribution in [0.15, 0.2) is 54.6 Å². The topological polar surface area (TPSA) is 97.0 Å². The van der Waals surface area contributed by atoms with Gasteiger partial charge >= 0.3 is 6.09 Å². The minimum Gasteiger partial charge on any atom is -0.495 e. The molecule has 1 aliphatic rings. The van der Waals surface area contributed by atoms with Crippen LogP contribution in [-0.4, -0.2) is 42.0 Å². The van der Waals surface area contributed by atoms with Gasteiger partial charge in [0.15, 0.2) is 0 Å². The number of ether oxygens (including phenoxy) is 2. The minimum atomic E-state index is -1.37. The molecule has 0 aliphatic heterocycles. The van der Waals surface area contributed by atoms with Crippen molar-refractivity contribution in [2.24, 2.45) is 5.92 Å². The highest BCUT2D eigenvalue weighted by Crippen LogP contribution is 2.65. The normalized spacial score (nSPS) is 17.1. The average molecular weight is 688 g/mol. The van der Waals surface area contributed by atoms with E-state index in [-0.39, 0.29) is 10.6 Å². The summed E-state index contributed by atoms with van der Waals surface area (Å²) in [4.78, 5) is 40.4. The number of anilines is 3. The zero-order valence-corrected chi connectivity index (χ0v) is 27.5. The Balaban J connectivity index is 1.51. The van der Waals surface area contributed by atoms with E-state index in [4.69, 9.17) is 67.5 Å². The Morgan fingerprint density at radius 3 is 2.09 bits per heavy atom. The lowest BCUT2D eigenvalue weighted by Crippen LogP contribution is -2.34. The molecular weight excluding hydrogens is 660 g/mol. The van der Waals surface area contributed by atoms with Gasteiger partial charge in [0.1, 0.15) is 15.7 Å². The number of hydrogen-bond donors (Lipinski definition) is 2. The third-order valence-electron chi connectivity index (χ3n) is 6.52. The molecule has 0 unspecified atom stereocenters. The molecule has 3 aromatic rings. The van der Waals surface area contributed by atoms with Crippen molar-refractivity contribution in [1.82, 2.24) is 0 Å². The molecule has 8 nitrogen and oxygen atoms in total. The molecule has 3 aromatic carbocycles. The maximum absolute atomic E-state index is 13.3. The van der Waals surface area contributed by atoms with E-state index < -0.39 is 39.7 Å². The van der Waals surface area contributed by atoms with Gasteiger partial charge in [-0.15, -0.1) is 23.2 Å². The molecule has 43 heavy (non-hydrogen) atoms. The number of hydrogen-bond acceptors (Lipinski definition) is 5. The summed E-state index contributed by atoms with van der Waals surface area (Å²) in [5.41, 5.74) is 1.05. The van der Waals surface area contributed by atoms with Crippen molar-refractivity contribution in [3.8, 4) is 5.75 Å². The van der Waals surface area contributed by atoms with Crippen molar-refractivity contribution in [2.45, 2.75) is 36.6 Å². The van der Waals surface area contributed by atoms with Crippen LogP contribution in [0.5, 0.6) is 5.75 Å². The van der Waals surface area contributed by atoms with Gasteiger partial charge < -0.3 is 20.1 Å². The molecular formula is C30H28Cl5N3O5. The van der Waals surface area contributed by atoms with E-state index in [2.05, 4.69) is 10.6 Å². The molecule has 0 saturated heterocycles. The predicted octanol–water partition coefficient (Wildman–Crippen LogP) is 8.80. The van der Waals surface area contributed by atoms with Gasteiger partial charge in [-0.3, -0.25) is 14.5 Å². The number of halogens is 5. The summed E-state index contributed by atoms with van der Waals surface area (Å²) in [5.74, 6) is -1.95. The molecule has 228 valence electrons. The summed E-state index contributed by atoms with van der Waals surface area (Å²) in [7, 11) is 2.99. The summed E-state index contributed by atoms with van der Waals surface area (Å²) in [6.07, 6.45) is -0.602. The largest absolute Gasteiger partial charge is 0.495 e. The van der Waals surface area contributed by atoms with Crippen molar-refractivity contribution in [3.63, 3.8) is 0 Å². The highest BCUT2D eigenvalue weighted by Gasteiger charge is 2.67. The van der Waals surface area contributed by atoms with Crippen molar-refractivity contribution >= 4 is 93.0 Å². The van der Waals surface area contributed by atoms with Gasteiger partial charge in [-0.05, 0) is 80.9 Å². The van der Waals surface area contributed by atoms with Gasteiger partial charge in [0.2, 0.25) is 5.91 Å². The van der Waals surface area contributed by atoms with Crippen molar-refractivity contribution in [3.05, 3.63) is 80.8 Å². The van der Waals surface area contributed by atoms with Gasteiger partial charge in [-0.2, -0.15) is 0 Å². The number of amides is 3. The van der Waals surface area contributed by atoms with E-state index in [1.54, 1.807) is 63.2 Å². The van der Waals surface area contributed by atoms with Crippen LogP contribution in [0.4, 0.5) is 21.9 Å². The standard InChI is InChI=1S/C30H28Cl5N3O5/c1-29(2,3)43-28(41)38(4)22-14-19(7-9-23(22)42-5)36-26(39)20-13-18(6-8-21(20)33)37-27(40)25-24(30(25,34)35)15-10-16(31)12-17(32)11-15/h6-14,24-25H,1-5H3,(H,36,39)(H,37,40)/t24-,25+/m0/s1. The molecule has 2 N–H and O–H groups in total. The third-order valence-corrected chi connectivity index (χ3v) is 8.23. The molecule has 0 bridgehead atoms. The summed E-state index contributed by atoms with van der Waals surface area (Å²) < 4.78 is 9.47. The molecule has 2 atom stereocenters. The first-order chi connectivity index (χ1) is 20.0. The third kappa shape index (κ3) is 7.62. The van der Waals surface area contributed by atoms with E-state index in [0.717, 1.165) is 0 Å². The molecule has 0 spiro atoms. The lowest BCUT2D eigenvalue weighted by molar-refractivity contribution is -0.117. The lowest BCUT2D eigenvalue weighted by atomic mass is 10.1. The minimum absolute atomic E-state index is 0.0920. The predicted molar refractivity (Wildman–Crippen MR) is 173 cm³/mol. The first-order valence-corrected chi connectivity index (χ1v) is 14.8. The quantitative estimate of drug-likeness (QED) is 0.242. The van der Waals surface area contributed by atoms with Gasteiger partial charge in [-0.25, -0.2) is 4.79 Å². The van der Waals surface area contributed by atoms with Crippen LogP contribution in [0.3, 0.4) is 0 Å². The Labute approximate surface area is 274 Å². The highest BCUT2D eigenvalue weighted by molar-refractivity contribution is 6.53. The van der Waals surface area contributed by atoms with E-state index in [9.17, 15) is 14.4 Å². The second kappa shape index (κ2) is 12.6. The maximum Gasteiger partial charge on any atom is 0.414 e. The summed E-state index contributed by atoms with van der Waals surface area (Å²) in [6.45, 7) is 5.27. The van der Waals surface area contributed by atoms with Crippen LogP contribution < -0.4 is 20.3 Å². The number of rotatable bonds is 7. The van der Waals surface area contributed by atoms with Crippen LogP contribution in [0, 0.1) is 5.92 Å². The van der Waals surface area contributed by atoms with Gasteiger partial charge in [-0.1, -0.05) is 34.8 Å². The molecule has 4 rings (SSSR count). The fourth-order valence-corrected chi connectivity index (χ4v) is 6.05. The average Bonchev–Trinajstić information content (AvgIpc) is 3.49. The first kappa shape index (κ1) is 33.0.